The van der Waals surface area contributed by atoms with E-state index >= 15 is 0 Å². The maximum absolute atomic E-state index is 11.5. The second kappa shape index (κ2) is 6.78. The molecule has 2 aromatic rings. The Morgan fingerprint density at radius 3 is 2.48 bits per heavy atom. The number of fused-ring (bicyclic) bond motifs is 1. The Bertz CT molecular complexity index is 821. The molecule has 1 saturated heterocycles. The van der Waals surface area contributed by atoms with Crippen LogP contribution in [0.25, 0.3) is 11.2 Å². The molecule has 10 heteroatoms. The van der Waals surface area contributed by atoms with E-state index in [1.807, 2.05) is 0 Å². The molecule has 0 radical (unpaired) electrons. The van der Waals surface area contributed by atoms with Crippen molar-refractivity contribution in [3.63, 3.8) is 0 Å². The standard InChI is InChI=1S/C17H29N5O4Si/c1-9(2)27(5,10(3)4)17(25)6-26-12(13(17)23)16(24)22-8-21-11-14(18)19-7-20-15(11)22/h7-10,12-13,16,23-25H,6H2,1-5H3,(H2,18,19,20)/t12-,13+,16?,17-/m0/s1. The van der Waals surface area contributed by atoms with Gasteiger partial charge in [-0.05, 0) is 11.1 Å². The quantitative estimate of drug-likeness (QED) is 0.546. The summed E-state index contributed by atoms with van der Waals surface area (Å²) in [6.07, 6.45) is -0.841. The summed E-state index contributed by atoms with van der Waals surface area (Å²) in [5.41, 5.74) is 6.94. The number of aliphatic hydroxyl groups excluding tert-OH is 2. The van der Waals surface area contributed by atoms with Gasteiger partial charge in [0, 0.05) is 0 Å². The van der Waals surface area contributed by atoms with E-state index in [0.29, 0.717) is 11.2 Å². The van der Waals surface area contributed by atoms with Gasteiger partial charge in [-0.15, -0.1) is 0 Å². The molecule has 1 aliphatic heterocycles. The van der Waals surface area contributed by atoms with Gasteiger partial charge in [-0.2, -0.15) is 0 Å². The van der Waals surface area contributed by atoms with Crippen molar-refractivity contribution in [3.05, 3.63) is 12.7 Å². The van der Waals surface area contributed by atoms with E-state index in [4.69, 9.17) is 10.5 Å². The number of aliphatic hydroxyl groups is 3. The largest absolute Gasteiger partial charge is 0.388 e. The first-order valence-corrected chi connectivity index (χ1v) is 11.8. The lowest BCUT2D eigenvalue weighted by Crippen LogP contribution is -2.67. The zero-order chi connectivity index (χ0) is 20.1. The monoisotopic (exact) mass is 395 g/mol. The van der Waals surface area contributed by atoms with E-state index in [1.165, 1.54) is 17.2 Å². The van der Waals surface area contributed by atoms with E-state index in [9.17, 15) is 15.3 Å². The molecule has 0 bridgehead atoms. The van der Waals surface area contributed by atoms with E-state index in [1.54, 1.807) is 0 Å². The zero-order valence-electron chi connectivity index (χ0n) is 16.4. The first-order valence-electron chi connectivity index (χ1n) is 9.18. The van der Waals surface area contributed by atoms with Gasteiger partial charge in [-0.3, -0.25) is 4.57 Å². The van der Waals surface area contributed by atoms with Gasteiger partial charge in [-0.25, -0.2) is 15.0 Å². The van der Waals surface area contributed by atoms with Crippen molar-refractivity contribution in [2.24, 2.45) is 0 Å². The Labute approximate surface area is 159 Å². The summed E-state index contributed by atoms with van der Waals surface area (Å²) in [5.74, 6) is 0.204. The summed E-state index contributed by atoms with van der Waals surface area (Å²) >= 11 is 0. The van der Waals surface area contributed by atoms with Gasteiger partial charge in [0.25, 0.3) is 0 Å². The molecule has 0 aliphatic carbocycles. The molecule has 0 spiro atoms. The van der Waals surface area contributed by atoms with Crippen molar-refractivity contribution in [1.82, 2.24) is 19.5 Å². The van der Waals surface area contributed by atoms with Crippen LogP contribution in [0.3, 0.4) is 0 Å². The van der Waals surface area contributed by atoms with Crippen LogP contribution in [0.2, 0.25) is 17.6 Å². The fraction of sp³-hybridized carbons (Fsp3) is 0.706. The van der Waals surface area contributed by atoms with Gasteiger partial charge in [0.15, 0.2) is 17.7 Å². The molecule has 2 aromatic heterocycles. The molecule has 0 amide bonds. The van der Waals surface area contributed by atoms with Crippen molar-refractivity contribution in [3.8, 4) is 0 Å². The maximum Gasteiger partial charge on any atom is 0.167 e. The van der Waals surface area contributed by atoms with E-state index in [0.717, 1.165) is 0 Å². The van der Waals surface area contributed by atoms with Crippen molar-refractivity contribution in [2.45, 2.75) is 69.0 Å². The predicted molar refractivity (Wildman–Crippen MR) is 104 cm³/mol. The molecule has 27 heavy (non-hydrogen) atoms. The van der Waals surface area contributed by atoms with E-state index < -0.39 is 31.7 Å². The van der Waals surface area contributed by atoms with Gasteiger partial charge in [0.2, 0.25) is 0 Å². The highest BCUT2D eigenvalue weighted by Crippen LogP contribution is 2.47. The normalized spacial score (nSPS) is 27.8. The van der Waals surface area contributed by atoms with E-state index in [-0.39, 0.29) is 23.5 Å². The second-order valence-electron chi connectivity index (χ2n) is 8.23. The van der Waals surface area contributed by atoms with E-state index in [2.05, 4.69) is 49.2 Å². The number of rotatable bonds is 5. The molecule has 150 valence electrons. The molecule has 1 unspecified atom stereocenters. The van der Waals surface area contributed by atoms with Crippen LogP contribution in [0.15, 0.2) is 12.7 Å². The Morgan fingerprint density at radius 2 is 1.89 bits per heavy atom. The predicted octanol–water partition coefficient (Wildman–Crippen LogP) is 0.828. The highest BCUT2D eigenvalue weighted by molar-refractivity contribution is 6.84. The van der Waals surface area contributed by atoms with Crippen LogP contribution in [0, 0.1) is 0 Å². The topological polar surface area (TPSA) is 140 Å². The van der Waals surface area contributed by atoms with Crippen LogP contribution in [-0.2, 0) is 4.74 Å². The smallest absolute Gasteiger partial charge is 0.167 e. The highest BCUT2D eigenvalue weighted by atomic mass is 28.3. The fourth-order valence-electron chi connectivity index (χ4n) is 4.28. The number of ether oxygens (including phenoxy) is 1. The summed E-state index contributed by atoms with van der Waals surface area (Å²) in [5, 5.41) is 32.1. The Morgan fingerprint density at radius 1 is 1.26 bits per heavy atom. The van der Waals surface area contributed by atoms with Gasteiger partial charge in [0.1, 0.15) is 29.3 Å². The number of hydrogen-bond acceptors (Lipinski definition) is 8. The third-order valence-corrected chi connectivity index (χ3v) is 13.7. The average molecular weight is 396 g/mol. The molecule has 0 saturated carbocycles. The molecule has 3 heterocycles. The number of imidazole rings is 1. The van der Waals surface area contributed by atoms with Crippen LogP contribution in [0.4, 0.5) is 5.82 Å². The molecule has 1 aliphatic rings. The SMILES string of the molecule is CC(C)[Si](C)(C(C)C)[C@@]1(O)CO[C@H](C(O)n2cnc3c(N)ncnc32)[C@H]1O. The van der Waals surface area contributed by atoms with Crippen LogP contribution >= 0.6 is 0 Å². The molecule has 0 aromatic carbocycles. The minimum absolute atomic E-state index is 0.0152. The summed E-state index contributed by atoms with van der Waals surface area (Å²) < 4.78 is 7.14. The minimum atomic E-state index is -2.39. The number of anilines is 1. The van der Waals surface area contributed by atoms with Crippen molar-refractivity contribution in [1.29, 1.82) is 0 Å². The third kappa shape index (κ3) is 2.78. The van der Waals surface area contributed by atoms with Gasteiger partial charge < -0.3 is 25.8 Å². The van der Waals surface area contributed by atoms with Gasteiger partial charge >= 0.3 is 0 Å². The maximum atomic E-state index is 11.5. The second-order valence-corrected chi connectivity index (χ2v) is 14.0. The molecule has 4 atom stereocenters. The number of aromatic nitrogens is 4. The lowest BCUT2D eigenvalue weighted by Gasteiger charge is -2.48. The van der Waals surface area contributed by atoms with Crippen molar-refractivity contribution >= 4 is 25.1 Å². The number of nitrogens with zero attached hydrogens (tertiary/aromatic N) is 4. The number of nitrogens with two attached hydrogens (primary N) is 1. The number of hydrogen-bond donors (Lipinski definition) is 4. The Balaban J connectivity index is 1.96. The van der Waals surface area contributed by atoms with Crippen LogP contribution in [0.1, 0.15) is 33.9 Å². The Hall–Kier alpha value is -1.59. The molecule has 5 N–H and O–H groups in total. The first-order chi connectivity index (χ1) is 12.6. The Kier molecular flexibility index (Phi) is 5.06. The molecule has 3 rings (SSSR count). The van der Waals surface area contributed by atoms with Crippen LogP contribution < -0.4 is 5.73 Å². The molecule has 9 nitrogen and oxygen atoms in total. The summed E-state index contributed by atoms with van der Waals surface area (Å²) in [7, 11) is -2.39. The lowest BCUT2D eigenvalue weighted by molar-refractivity contribution is -0.0849. The fourth-order valence-corrected chi connectivity index (χ4v) is 8.81. The average Bonchev–Trinajstić information content (AvgIpc) is 3.17. The molecular weight excluding hydrogens is 366 g/mol. The molecular formula is C17H29N5O4Si. The third-order valence-electron chi connectivity index (χ3n) is 6.59. The number of nitrogen functional groups attached to an aromatic ring is 1. The van der Waals surface area contributed by atoms with Gasteiger partial charge in [-0.1, -0.05) is 34.2 Å². The lowest BCUT2D eigenvalue weighted by atomic mass is 10.1. The first kappa shape index (κ1) is 20.1. The summed E-state index contributed by atoms with van der Waals surface area (Å²) in [4.78, 5) is 12.1. The summed E-state index contributed by atoms with van der Waals surface area (Å²) in [6.45, 7) is 10.4. The summed E-state index contributed by atoms with van der Waals surface area (Å²) in [6, 6.07) is 0. The van der Waals surface area contributed by atoms with Gasteiger partial charge in [0.05, 0.1) is 21.0 Å². The minimum Gasteiger partial charge on any atom is -0.388 e. The zero-order valence-corrected chi connectivity index (χ0v) is 17.4. The van der Waals surface area contributed by atoms with Crippen LogP contribution in [-0.4, -0.2) is 67.0 Å². The molecule has 1 fully saturated rings. The highest BCUT2D eigenvalue weighted by Gasteiger charge is 2.63. The van der Waals surface area contributed by atoms with Crippen molar-refractivity contribution in [2.75, 3.05) is 12.3 Å². The van der Waals surface area contributed by atoms with Crippen molar-refractivity contribution < 1.29 is 20.1 Å². The van der Waals surface area contributed by atoms with Crippen LogP contribution in [0.5, 0.6) is 0 Å².